The van der Waals surface area contributed by atoms with Gasteiger partial charge in [0.2, 0.25) is 0 Å². The van der Waals surface area contributed by atoms with Crippen molar-refractivity contribution in [1.82, 2.24) is 10.2 Å². The molecule has 1 saturated heterocycles. The van der Waals surface area contributed by atoms with Crippen LogP contribution in [0.25, 0.3) is 0 Å². The van der Waals surface area contributed by atoms with Gasteiger partial charge in [-0.05, 0) is 24.8 Å². The number of benzene rings is 1. The number of hydrogen-bond acceptors (Lipinski definition) is 2. The molecule has 1 saturated carbocycles. The second-order valence-corrected chi connectivity index (χ2v) is 6.39. The highest BCUT2D eigenvalue weighted by Crippen LogP contribution is 2.40. The molecule has 22 heavy (non-hydrogen) atoms. The second kappa shape index (κ2) is 7.01. The van der Waals surface area contributed by atoms with Gasteiger partial charge in [0.05, 0.1) is 0 Å². The average molecular weight is 312 g/mol. The highest BCUT2D eigenvalue weighted by molar-refractivity contribution is 5.25. The fourth-order valence-electron chi connectivity index (χ4n) is 3.93. The third kappa shape index (κ3) is 3.15. The van der Waals surface area contributed by atoms with Crippen molar-refractivity contribution in [1.29, 1.82) is 0 Å². The van der Waals surface area contributed by atoms with Gasteiger partial charge in [0.1, 0.15) is 0 Å². The first-order valence-corrected chi connectivity index (χ1v) is 8.26. The molecule has 0 unspecified atom stereocenters. The molecule has 2 aliphatic rings. The van der Waals surface area contributed by atoms with E-state index in [1.165, 1.54) is 12.5 Å². The summed E-state index contributed by atoms with van der Waals surface area (Å²) in [6.45, 7) is 3.35. The normalized spacial score (nSPS) is 22.7. The summed E-state index contributed by atoms with van der Waals surface area (Å²) >= 11 is 0. The van der Waals surface area contributed by atoms with Crippen LogP contribution in [-0.4, -0.2) is 31.1 Å². The lowest BCUT2D eigenvalue weighted by molar-refractivity contribution is 0.0998. The molecule has 1 aromatic rings. The Morgan fingerprint density at radius 2 is 1.64 bits per heavy atom. The first kappa shape index (κ1) is 15.8. The van der Waals surface area contributed by atoms with Crippen molar-refractivity contribution in [3.8, 4) is 0 Å². The zero-order valence-corrected chi connectivity index (χ0v) is 12.8. The van der Waals surface area contributed by atoms with Crippen molar-refractivity contribution in [2.24, 2.45) is 5.92 Å². The zero-order valence-electron chi connectivity index (χ0n) is 12.8. The van der Waals surface area contributed by atoms with Crippen LogP contribution in [0, 0.1) is 23.4 Å². The molecule has 0 spiro atoms. The van der Waals surface area contributed by atoms with Crippen molar-refractivity contribution in [2.45, 2.75) is 38.1 Å². The van der Waals surface area contributed by atoms with E-state index in [4.69, 9.17) is 0 Å². The van der Waals surface area contributed by atoms with Gasteiger partial charge in [-0.25, -0.2) is 13.2 Å². The zero-order chi connectivity index (χ0) is 15.5. The third-order valence-corrected chi connectivity index (χ3v) is 5.03. The van der Waals surface area contributed by atoms with Crippen LogP contribution >= 0.6 is 0 Å². The predicted molar refractivity (Wildman–Crippen MR) is 80.1 cm³/mol. The van der Waals surface area contributed by atoms with Crippen LogP contribution in [0.5, 0.6) is 0 Å². The summed E-state index contributed by atoms with van der Waals surface area (Å²) < 4.78 is 41.3. The Hall–Kier alpha value is -1.07. The molecule has 5 heteroatoms. The molecule has 2 nitrogen and oxygen atoms in total. The van der Waals surface area contributed by atoms with Crippen molar-refractivity contribution in [2.75, 3.05) is 26.2 Å². The summed E-state index contributed by atoms with van der Waals surface area (Å²) in [5.74, 6) is -3.13. The number of rotatable bonds is 3. The van der Waals surface area contributed by atoms with Crippen LogP contribution in [0.3, 0.4) is 0 Å². The fourth-order valence-corrected chi connectivity index (χ4v) is 3.93. The summed E-state index contributed by atoms with van der Waals surface area (Å²) in [7, 11) is 0. The Kier molecular flexibility index (Phi) is 5.03. The lowest BCUT2D eigenvalue weighted by atomic mass is 9.80. The second-order valence-electron chi connectivity index (χ2n) is 6.39. The van der Waals surface area contributed by atoms with Gasteiger partial charge in [-0.15, -0.1) is 0 Å². The molecule has 0 bridgehead atoms. The van der Waals surface area contributed by atoms with Crippen LogP contribution in [0.1, 0.15) is 43.7 Å². The lowest BCUT2D eigenvalue weighted by Gasteiger charge is -2.41. The Bertz CT molecular complexity index is 491. The highest BCUT2D eigenvalue weighted by atomic mass is 19.2. The SMILES string of the molecule is Fc1ccc([C@@H](C2CCCCC2)N2CCNCC2)c(F)c1F. The van der Waals surface area contributed by atoms with E-state index in [0.29, 0.717) is 11.5 Å². The van der Waals surface area contributed by atoms with Gasteiger partial charge in [0.25, 0.3) is 0 Å². The van der Waals surface area contributed by atoms with Crippen LogP contribution in [0.4, 0.5) is 13.2 Å². The molecule has 3 rings (SSSR count). The van der Waals surface area contributed by atoms with E-state index in [1.807, 2.05) is 0 Å². The predicted octanol–water partition coefficient (Wildman–Crippen LogP) is 3.63. The Morgan fingerprint density at radius 1 is 0.955 bits per heavy atom. The molecular weight excluding hydrogens is 289 g/mol. The van der Waals surface area contributed by atoms with Gasteiger partial charge >= 0.3 is 0 Å². The first-order valence-electron chi connectivity index (χ1n) is 8.26. The van der Waals surface area contributed by atoms with Crippen molar-refractivity contribution in [3.63, 3.8) is 0 Å². The Labute approximate surface area is 129 Å². The van der Waals surface area contributed by atoms with E-state index < -0.39 is 17.5 Å². The van der Waals surface area contributed by atoms with E-state index in [1.54, 1.807) is 0 Å². The van der Waals surface area contributed by atoms with Crippen molar-refractivity contribution < 1.29 is 13.2 Å². The molecule has 1 aromatic carbocycles. The van der Waals surface area contributed by atoms with Crippen LogP contribution in [0.15, 0.2) is 12.1 Å². The van der Waals surface area contributed by atoms with E-state index in [2.05, 4.69) is 10.2 Å². The minimum Gasteiger partial charge on any atom is -0.314 e. The van der Waals surface area contributed by atoms with E-state index in [-0.39, 0.29) is 6.04 Å². The molecule has 1 aliphatic carbocycles. The lowest BCUT2D eigenvalue weighted by Crippen LogP contribution is -2.47. The molecule has 1 heterocycles. The standard InChI is InChI=1S/C17H23F3N2/c18-14-7-6-13(15(19)16(14)20)17(12-4-2-1-3-5-12)22-10-8-21-9-11-22/h6-7,12,17,21H,1-5,8-11H2/t17-/m1/s1. The molecule has 0 aromatic heterocycles. The maximum atomic E-state index is 14.4. The largest absolute Gasteiger partial charge is 0.314 e. The van der Waals surface area contributed by atoms with Gasteiger partial charge in [-0.3, -0.25) is 4.90 Å². The minimum atomic E-state index is -1.34. The topological polar surface area (TPSA) is 15.3 Å². The monoisotopic (exact) mass is 312 g/mol. The highest BCUT2D eigenvalue weighted by Gasteiger charge is 2.33. The van der Waals surface area contributed by atoms with Crippen LogP contribution in [-0.2, 0) is 0 Å². The van der Waals surface area contributed by atoms with Crippen molar-refractivity contribution in [3.05, 3.63) is 35.1 Å². The minimum absolute atomic E-state index is 0.141. The first-order chi connectivity index (χ1) is 10.7. The molecule has 0 radical (unpaired) electrons. The third-order valence-electron chi connectivity index (χ3n) is 5.03. The van der Waals surface area contributed by atoms with Crippen LogP contribution in [0.2, 0.25) is 0 Å². The molecule has 0 amide bonds. The summed E-state index contributed by atoms with van der Waals surface area (Å²) in [5.41, 5.74) is 0.327. The number of halogens is 3. The molecule has 2 fully saturated rings. The number of nitrogens with one attached hydrogen (secondary N) is 1. The molecule has 122 valence electrons. The molecular formula is C17H23F3N2. The van der Waals surface area contributed by atoms with Gasteiger partial charge in [-0.1, -0.05) is 25.3 Å². The smallest absolute Gasteiger partial charge is 0.194 e. The van der Waals surface area contributed by atoms with E-state index in [9.17, 15) is 13.2 Å². The number of piperazine rings is 1. The molecule has 1 atom stereocenters. The van der Waals surface area contributed by atoms with Gasteiger partial charge < -0.3 is 5.32 Å². The Balaban J connectivity index is 1.94. The Morgan fingerprint density at radius 3 is 2.32 bits per heavy atom. The van der Waals surface area contributed by atoms with Crippen molar-refractivity contribution >= 4 is 0 Å². The average Bonchev–Trinajstić information content (AvgIpc) is 2.57. The summed E-state index contributed by atoms with van der Waals surface area (Å²) in [4.78, 5) is 2.24. The van der Waals surface area contributed by atoms with Gasteiger partial charge in [0.15, 0.2) is 17.5 Å². The summed E-state index contributed by atoms with van der Waals surface area (Å²) in [6, 6.07) is 2.36. The van der Waals surface area contributed by atoms with E-state index >= 15 is 0 Å². The quantitative estimate of drug-likeness (QED) is 0.858. The fraction of sp³-hybridized carbons (Fsp3) is 0.647. The maximum absolute atomic E-state index is 14.4. The maximum Gasteiger partial charge on any atom is 0.194 e. The number of hydrogen-bond donors (Lipinski definition) is 1. The number of nitrogens with zero attached hydrogens (tertiary/aromatic N) is 1. The van der Waals surface area contributed by atoms with Gasteiger partial charge in [0, 0.05) is 37.8 Å². The summed E-state index contributed by atoms with van der Waals surface area (Å²) in [5, 5.41) is 3.29. The summed E-state index contributed by atoms with van der Waals surface area (Å²) in [6.07, 6.45) is 5.56. The molecule has 1 aliphatic heterocycles. The van der Waals surface area contributed by atoms with E-state index in [0.717, 1.165) is 57.9 Å². The van der Waals surface area contributed by atoms with Gasteiger partial charge in [-0.2, -0.15) is 0 Å². The van der Waals surface area contributed by atoms with Crippen LogP contribution < -0.4 is 5.32 Å². The molecule has 1 N–H and O–H groups in total.